The lowest BCUT2D eigenvalue weighted by Crippen LogP contribution is -2.49. The number of rotatable bonds is 4. The van der Waals surface area contributed by atoms with E-state index in [0.29, 0.717) is 48.2 Å². The van der Waals surface area contributed by atoms with Crippen LogP contribution in [0, 0.1) is 13.7 Å². The number of hydrogen-bond donors (Lipinski definition) is 0. The van der Waals surface area contributed by atoms with Crippen molar-refractivity contribution >= 4 is 51.5 Å². The zero-order chi connectivity index (χ0) is 19.6. The minimum atomic E-state index is -0.416. The van der Waals surface area contributed by atoms with Gasteiger partial charge in [0.05, 0.1) is 28.7 Å². The van der Waals surface area contributed by atoms with Crippen molar-refractivity contribution in [2.45, 2.75) is 0 Å². The molecule has 3 rings (SSSR count). The first-order valence-corrected chi connectivity index (χ1v) is 9.68. The van der Waals surface area contributed by atoms with E-state index in [9.17, 15) is 14.9 Å². The number of methoxy groups -OCH3 is 1. The first-order valence-electron chi connectivity index (χ1n) is 8.22. The van der Waals surface area contributed by atoms with Crippen LogP contribution in [0.1, 0.15) is 10.4 Å². The molecule has 0 spiro atoms. The summed E-state index contributed by atoms with van der Waals surface area (Å²) in [7, 11) is 1.47. The molecule has 2 aromatic rings. The van der Waals surface area contributed by atoms with Crippen LogP contribution in [0.2, 0.25) is 5.02 Å². The van der Waals surface area contributed by atoms with Gasteiger partial charge in [-0.2, -0.15) is 0 Å². The van der Waals surface area contributed by atoms with Gasteiger partial charge in [0, 0.05) is 29.7 Å². The van der Waals surface area contributed by atoms with E-state index in [0.717, 1.165) is 3.57 Å². The minimum absolute atomic E-state index is 0.00483. The fraction of sp³-hybridized carbons (Fsp3) is 0.278. The fourth-order valence-electron chi connectivity index (χ4n) is 3.03. The SMILES string of the molecule is COc1ccc(N2CCN(C(=O)c3cc(I)ccc3Cl)CC2)c([N+](=O)[O-])c1. The topological polar surface area (TPSA) is 75.9 Å². The number of carbonyl (C=O) groups is 1. The molecule has 0 atom stereocenters. The highest BCUT2D eigenvalue weighted by Gasteiger charge is 2.27. The highest BCUT2D eigenvalue weighted by molar-refractivity contribution is 14.1. The summed E-state index contributed by atoms with van der Waals surface area (Å²) < 4.78 is 6.01. The van der Waals surface area contributed by atoms with Gasteiger partial charge in [0.15, 0.2) is 0 Å². The Labute approximate surface area is 175 Å². The van der Waals surface area contributed by atoms with Gasteiger partial charge in [0.25, 0.3) is 11.6 Å². The summed E-state index contributed by atoms with van der Waals surface area (Å²) >= 11 is 8.31. The second-order valence-corrected chi connectivity index (χ2v) is 7.67. The van der Waals surface area contributed by atoms with E-state index in [4.69, 9.17) is 16.3 Å². The Balaban J connectivity index is 1.75. The molecule has 1 aliphatic heterocycles. The minimum Gasteiger partial charge on any atom is -0.496 e. The van der Waals surface area contributed by atoms with Crippen molar-refractivity contribution in [3.05, 3.63) is 60.7 Å². The lowest BCUT2D eigenvalue weighted by Gasteiger charge is -2.36. The van der Waals surface area contributed by atoms with Crippen LogP contribution < -0.4 is 9.64 Å². The average molecular weight is 502 g/mol. The largest absolute Gasteiger partial charge is 0.496 e. The van der Waals surface area contributed by atoms with E-state index >= 15 is 0 Å². The molecule has 0 radical (unpaired) electrons. The Kier molecular flexibility index (Phi) is 6.05. The maximum atomic E-state index is 12.8. The number of benzene rings is 2. The van der Waals surface area contributed by atoms with Crippen molar-refractivity contribution in [2.75, 3.05) is 38.2 Å². The van der Waals surface area contributed by atoms with Gasteiger partial charge < -0.3 is 14.5 Å². The van der Waals surface area contributed by atoms with Crippen molar-refractivity contribution in [1.82, 2.24) is 4.90 Å². The molecule has 0 saturated carbocycles. The third kappa shape index (κ3) is 4.27. The molecule has 142 valence electrons. The molecule has 1 heterocycles. The number of nitro groups is 1. The zero-order valence-corrected chi connectivity index (χ0v) is 17.4. The first-order chi connectivity index (χ1) is 12.9. The summed E-state index contributed by atoms with van der Waals surface area (Å²) in [5.74, 6) is 0.315. The summed E-state index contributed by atoms with van der Waals surface area (Å²) in [5, 5.41) is 11.8. The highest BCUT2D eigenvalue weighted by Crippen LogP contribution is 2.33. The molecule has 1 saturated heterocycles. The van der Waals surface area contributed by atoms with Crippen LogP contribution in [0.4, 0.5) is 11.4 Å². The number of hydrogen-bond acceptors (Lipinski definition) is 5. The normalized spacial score (nSPS) is 14.2. The third-order valence-electron chi connectivity index (χ3n) is 4.45. The number of carbonyl (C=O) groups excluding carboxylic acids is 1. The van der Waals surface area contributed by atoms with Gasteiger partial charge in [0.2, 0.25) is 0 Å². The lowest BCUT2D eigenvalue weighted by atomic mass is 10.1. The number of nitro benzene ring substituents is 1. The molecular formula is C18H17ClIN3O4. The van der Waals surface area contributed by atoms with Crippen LogP contribution in [-0.4, -0.2) is 49.0 Å². The summed E-state index contributed by atoms with van der Waals surface area (Å²) in [6.45, 7) is 1.93. The first kappa shape index (κ1) is 19.7. The Morgan fingerprint density at radius 3 is 2.52 bits per heavy atom. The molecule has 1 amide bonds. The van der Waals surface area contributed by atoms with Crippen LogP contribution in [0.5, 0.6) is 5.75 Å². The van der Waals surface area contributed by atoms with Gasteiger partial charge >= 0.3 is 0 Å². The number of piperazine rings is 1. The quantitative estimate of drug-likeness (QED) is 0.362. The van der Waals surface area contributed by atoms with Crippen LogP contribution >= 0.6 is 34.2 Å². The highest BCUT2D eigenvalue weighted by atomic mass is 127. The van der Waals surface area contributed by atoms with Crippen molar-refractivity contribution in [3.63, 3.8) is 0 Å². The Morgan fingerprint density at radius 2 is 1.89 bits per heavy atom. The summed E-state index contributed by atoms with van der Waals surface area (Å²) in [6.07, 6.45) is 0. The molecule has 7 nitrogen and oxygen atoms in total. The van der Waals surface area contributed by atoms with Crippen molar-refractivity contribution < 1.29 is 14.5 Å². The van der Waals surface area contributed by atoms with E-state index in [1.807, 2.05) is 11.0 Å². The predicted molar refractivity (Wildman–Crippen MR) is 112 cm³/mol. The summed E-state index contributed by atoms with van der Waals surface area (Å²) in [6, 6.07) is 10.1. The molecule has 9 heteroatoms. The second kappa shape index (κ2) is 8.30. The van der Waals surface area contributed by atoms with E-state index < -0.39 is 4.92 Å². The monoisotopic (exact) mass is 501 g/mol. The van der Waals surface area contributed by atoms with Gasteiger partial charge in [-0.15, -0.1) is 0 Å². The zero-order valence-electron chi connectivity index (χ0n) is 14.5. The van der Waals surface area contributed by atoms with Gasteiger partial charge in [0.1, 0.15) is 11.4 Å². The maximum absolute atomic E-state index is 12.8. The van der Waals surface area contributed by atoms with E-state index in [-0.39, 0.29) is 11.6 Å². The van der Waals surface area contributed by atoms with E-state index in [2.05, 4.69) is 22.6 Å². The number of nitrogens with zero attached hydrogens (tertiary/aromatic N) is 3. The van der Waals surface area contributed by atoms with Crippen molar-refractivity contribution in [3.8, 4) is 5.75 Å². The van der Waals surface area contributed by atoms with Crippen LogP contribution in [0.15, 0.2) is 36.4 Å². The Hall–Kier alpha value is -2.07. The van der Waals surface area contributed by atoms with Gasteiger partial charge in [-0.3, -0.25) is 14.9 Å². The number of anilines is 1. The molecule has 2 aromatic carbocycles. The predicted octanol–water partition coefficient (Wildman–Crippen LogP) is 3.82. The second-order valence-electron chi connectivity index (χ2n) is 6.02. The molecule has 1 fully saturated rings. The van der Waals surface area contributed by atoms with Crippen molar-refractivity contribution in [1.29, 1.82) is 0 Å². The molecular weight excluding hydrogens is 485 g/mol. The van der Waals surface area contributed by atoms with Gasteiger partial charge in [-0.1, -0.05) is 11.6 Å². The van der Waals surface area contributed by atoms with Crippen LogP contribution in [0.25, 0.3) is 0 Å². The Morgan fingerprint density at radius 1 is 1.19 bits per heavy atom. The van der Waals surface area contributed by atoms with Crippen LogP contribution in [0.3, 0.4) is 0 Å². The van der Waals surface area contributed by atoms with Crippen LogP contribution in [-0.2, 0) is 0 Å². The smallest absolute Gasteiger partial charge is 0.296 e. The van der Waals surface area contributed by atoms with Gasteiger partial charge in [-0.25, -0.2) is 0 Å². The average Bonchev–Trinajstić information content (AvgIpc) is 2.69. The maximum Gasteiger partial charge on any atom is 0.296 e. The fourth-order valence-corrected chi connectivity index (χ4v) is 3.72. The molecule has 0 bridgehead atoms. The summed E-state index contributed by atoms with van der Waals surface area (Å²) in [4.78, 5) is 27.4. The standard InChI is InChI=1S/C18H17ClIN3O4/c1-27-13-3-5-16(17(11-13)23(25)26)21-6-8-22(9-7-21)18(24)14-10-12(20)2-4-15(14)19/h2-5,10-11H,6-9H2,1H3. The molecule has 0 N–H and O–H groups in total. The molecule has 1 aliphatic rings. The molecule has 0 aliphatic carbocycles. The number of amides is 1. The Bertz CT molecular complexity index is 885. The number of halogens is 2. The van der Waals surface area contributed by atoms with E-state index in [1.165, 1.54) is 13.2 Å². The van der Waals surface area contributed by atoms with E-state index in [1.54, 1.807) is 29.2 Å². The molecule has 0 aromatic heterocycles. The lowest BCUT2D eigenvalue weighted by molar-refractivity contribution is -0.384. The molecule has 27 heavy (non-hydrogen) atoms. The molecule has 0 unspecified atom stereocenters. The third-order valence-corrected chi connectivity index (χ3v) is 5.45. The number of ether oxygens (including phenoxy) is 1. The van der Waals surface area contributed by atoms with Gasteiger partial charge in [-0.05, 0) is 52.9 Å². The van der Waals surface area contributed by atoms with Crippen molar-refractivity contribution in [2.24, 2.45) is 0 Å². The summed E-state index contributed by atoms with van der Waals surface area (Å²) in [5.41, 5.74) is 1.00.